The molecule has 0 unspecified atom stereocenters. The van der Waals surface area contributed by atoms with E-state index in [-0.39, 0.29) is 22.2 Å². The Kier molecular flexibility index (Phi) is 5.16. The Hall–Kier alpha value is -2.64. The number of nitrogens with zero attached hydrogens (tertiary/aromatic N) is 2. The van der Waals surface area contributed by atoms with Crippen LogP contribution in [0.15, 0.2) is 58.7 Å². The molecule has 0 aliphatic heterocycles. The largest absolute Gasteiger partial charge is 0.472 e. The Morgan fingerprint density at radius 1 is 1.28 bits per heavy atom. The quantitative estimate of drug-likeness (QED) is 0.459. The summed E-state index contributed by atoms with van der Waals surface area (Å²) < 4.78 is 5.06. The molecule has 1 aromatic carbocycles. The summed E-state index contributed by atoms with van der Waals surface area (Å²) in [6.07, 6.45) is 3.11. The summed E-state index contributed by atoms with van der Waals surface area (Å²) in [7, 11) is 0. The zero-order valence-electron chi connectivity index (χ0n) is 12.9. The number of nitro benzene ring substituents is 1. The number of thiophene rings is 1. The van der Waals surface area contributed by atoms with Gasteiger partial charge in [0.1, 0.15) is 5.02 Å². The highest BCUT2D eigenvalue weighted by Gasteiger charge is 2.21. The molecule has 1 amide bonds. The van der Waals surface area contributed by atoms with Crippen LogP contribution in [0.25, 0.3) is 0 Å². The number of hydrogen-bond acceptors (Lipinski definition) is 5. The van der Waals surface area contributed by atoms with Gasteiger partial charge in [-0.05, 0) is 29.6 Å². The molecule has 0 saturated heterocycles. The monoisotopic (exact) mass is 376 g/mol. The Labute approximate surface area is 152 Å². The van der Waals surface area contributed by atoms with Gasteiger partial charge in [-0.2, -0.15) is 0 Å². The van der Waals surface area contributed by atoms with Crippen LogP contribution in [-0.4, -0.2) is 15.7 Å². The van der Waals surface area contributed by atoms with E-state index in [4.69, 9.17) is 16.0 Å². The fourth-order valence-corrected chi connectivity index (χ4v) is 3.27. The number of hydrogen-bond donors (Lipinski definition) is 0. The number of amides is 1. The molecule has 2 heterocycles. The van der Waals surface area contributed by atoms with E-state index >= 15 is 0 Å². The maximum Gasteiger partial charge on any atom is 0.288 e. The molecule has 8 heteroatoms. The maximum atomic E-state index is 12.9. The molecule has 0 bridgehead atoms. The number of halogens is 1. The summed E-state index contributed by atoms with van der Waals surface area (Å²) in [6, 6.07) is 9.70. The van der Waals surface area contributed by atoms with Crippen LogP contribution in [0.3, 0.4) is 0 Å². The molecule has 0 saturated carbocycles. The van der Waals surface area contributed by atoms with Gasteiger partial charge in [-0.25, -0.2) is 0 Å². The van der Waals surface area contributed by atoms with Crippen LogP contribution in [0.4, 0.5) is 5.69 Å². The molecule has 0 spiro atoms. The van der Waals surface area contributed by atoms with Crippen molar-refractivity contribution in [3.63, 3.8) is 0 Å². The lowest BCUT2D eigenvalue weighted by molar-refractivity contribution is -0.384. The molecule has 6 nitrogen and oxygen atoms in total. The van der Waals surface area contributed by atoms with Gasteiger partial charge in [0.2, 0.25) is 0 Å². The molecular formula is C17H13ClN2O4S. The van der Waals surface area contributed by atoms with E-state index < -0.39 is 4.92 Å². The molecule has 0 N–H and O–H groups in total. The SMILES string of the molecule is O=C(c1ccc(Cl)c([N+](=O)[O-])c1)N(Cc1ccoc1)Cc1cccs1. The lowest BCUT2D eigenvalue weighted by atomic mass is 10.1. The van der Waals surface area contributed by atoms with E-state index in [0.29, 0.717) is 13.1 Å². The molecule has 0 aliphatic rings. The fourth-order valence-electron chi connectivity index (χ4n) is 2.36. The van der Waals surface area contributed by atoms with Crippen molar-refractivity contribution < 1.29 is 14.1 Å². The highest BCUT2D eigenvalue weighted by Crippen LogP contribution is 2.26. The highest BCUT2D eigenvalue weighted by atomic mass is 35.5. The first kappa shape index (κ1) is 17.2. The summed E-state index contributed by atoms with van der Waals surface area (Å²) in [5, 5.41) is 13.0. The number of furan rings is 1. The maximum absolute atomic E-state index is 12.9. The van der Waals surface area contributed by atoms with E-state index in [0.717, 1.165) is 10.4 Å². The number of benzene rings is 1. The summed E-state index contributed by atoms with van der Waals surface area (Å²) >= 11 is 7.37. The summed E-state index contributed by atoms with van der Waals surface area (Å²) in [5.74, 6) is -0.311. The Morgan fingerprint density at radius 3 is 2.76 bits per heavy atom. The van der Waals surface area contributed by atoms with Crippen molar-refractivity contribution >= 4 is 34.5 Å². The van der Waals surface area contributed by atoms with Gasteiger partial charge in [0, 0.05) is 28.6 Å². The highest BCUT2D eigenvalue weighted by molar-refractivity contribution is 7.09. The Bertz CT molecular complexity index is 842. The van der Waals surface area contributed by atoms with E-state index in [1.165, 1.54) is 24.5 Å². The predicted molar refractivity (Wildman–Crippen MR) is 94.7 cm³/mol. The first-order valence-electron chi connectivity index (χ1n) is 7.31. The smallest absolute Gasteiger partial charge is 0.288 e. The van der Waals surface area contributed by atoms with Gasteiger partial charge in [-0.3, -0.25) is 14.9 Å². The fraction of sp³-hybridized carbons (Fsp3) is 0.118. The van der Waals surface area contributed by atoms with Gasteiger partial charge in [-0.1, -0.05) is 17.7 Å². The lowest BCUT2D eigenvalue weighted by Crippen LogP contribution is -2.29. The van der Waals surface area contributed by atoms with Crippen molar-refractivity contribution in [2.45, 2.75) is 13.1 Å². The minimum Gasteiger partial charge on any atom is -0.472 e. The third kappa shape index (κ3) is 4.07. The predicted octanol–water partition coefficient (Wildman–Crippen LogP) is 4.75. The van der Waals surface area contributed by atoms with Crippen molar-refractivity contribution in [1.82, 2.24) is 4.90 Å². The molecule has 25 heavy (non-hydrogen) atoms. The van der Waals surface area contributed by atoms with Crippen molar-refractivity contribution in [2.75, 3.05) is 0 Å². The van der Waals surface area contributed by atoms with Crippen LogP contribution >= 0.6 is 22.9 Å². The van der Waals surface area contributed by atoms with Gasteiger partial charge in [0.25, 0.3) is 11.6 Å². The van der Waals surface area contributed by atoms with Gasteiger partial charge < -0.3 is 9.32 Å². The molecule has 3 aromatic rings. The molecule has 0 fully saturated rings. The van der Waals surface area contributed by atoms with Crippen molar-refractivity contribution in [1.29, 1.82) is 0 Å². The topological polar surface area (TPSA) is 76.6 Å². The number of carbonyl (C=O) groups excluding carboxylic acids is 1. The minimum atomic E-state index is -0.598. The number of nitro groups is 1. The third-order valence-electron chi connectivity index (χ3n) is 3.56. The van der Waals surface area contributed by atoms with Crippen LogP contribution < -0.4 is 0 Å². The third-order valence-corrected chi connectivity index (χ3v) is 4.74. The van der Waals surface area contributed by atoms with Crippen molar-refractivity contribution in [2.24, 2.45) is 0 Å². The molecular weight excluding hydrogens is 364 g/mol. The average molecular weight is 377 g/mol. The molecule has 0 aliphatic carbocycles. The molecule has 3 rings (SSSR count). The van der Waals surface area contributed by atoms with E-state index in [1.54, 1.807) is 28.6 Å². The van der Waals surface area contributed by atoms with Crippen LogP contribution in [0.1, 0.15) is 20.8 Å². The van der Waals surface area contributed by atoms with E-state index in [2.05, 4.69) is 0 Å². The van der Waals surface area contributed by atoms with Crippen LogP contribution in [-0.2, 0) is 13.1 Å². The standard InChI is InChI=1S/C17H13ClN2O4S/c18-15-4-3-13(8-16(15)20(22)23)17(21)19(9-12-5-6-24-11-12)10-14-2-1-7-25-14/h1-8,11H,9-10H2. The molecule has 0 atom stereocenters. The second kappa shape index (κ2) is 7.50. The van der Waals surface area contributed by atoms with Crippen LogP contribution in [0.2, 0.25) is 5.02 Å². The van der Waals surface area contributed by atoms with E-state index in [1.807, 2.05) is 17.5 Å². The van der Waals surface area contributed by atoms with Gasteiger partial charge >= 0.3 is 0 Å². The van der Waals surface area contributed by atoms with Crippen LogP contribution in [0.5, 0.6) is 0 Å². The Morgan fingerprint density at radius 2 is 2.12 bits per heavy atom. The Balaban J connectivity index is 1.90. The summed E-state index contributed by atoms with van der Waals surface area (Å²) in [4.78, 5) is 26.0. The zero-order chi connectivity index (χ0) is 17.8. The van der Waals surface area contributed by atoms with E-state index in [9.17, 15) is 14.9 Å². The van der Waals surface area contributed by atoms with Crippen molar-refractivity contribution in [3.8, 4) is 0 Å². The number of carbonyl (C=O) groups is 1. The summed E-state index contributed by atoms with van der Waals surface area (Å²) in [5.41, 5.74) is 0.774. The first-order valence-corrected chi connectivity index (χ1v) is 8.57. The second-order valence-corrected chi connectivity index (χ2v) is 6.73. The van der Waals surface area contributed by atoms with Gasteiger partial charge in [-0.15, -0.1) is 11.3 Å². The van der Waals surface area contributed by atoms with Gasteiger partial charge in [0.15, 0.2) is 0 Å². The van der Waals surface area contributed by atoms with Crippen LogP contribution in [0, 0.1) is 10.1 Å². The van der Waals surface area contributed by atoms with Gasteiger partial charge in [0.05, 0.1) is 24.0 Å². The first-order chi connectivity index (χ1) is 12.0. The molecule has 2 aromatic heterocycles. The zero-order valence-corrected chi connectivity index (χ0v) is 14.5. The lowest BCUT2D eigenvalue weighted by Gasteiger charge is -2.21. The number of rotatable bonds is 6. The second-order valence-electron chi connectivity index (χ2n) is 5.30. The summed E-state index contributed by atoms with van der Waals surface area (Å²) in [6.45, 7) is 0.738. The molecule has 0 radical (unpaired) electrons. The average Bonchev–Trinajstić information content (AvgIpc) is 3.27. The normalized spacial score (nSPS) is 10.6. The minimum absolute atomic E-state index is 0.00110. The van der Waals surface area contributed by atoms with Crippen molar-refractivity contribution in [3.05, 3.63) is 85.4 Å². The molecule has 128 valence electrons.